The van der Waals surface area contributed by atoms with Crippen LogP contribution < -0.4 is 4.90 Å². The number of aryl methyl sites for hydroxylation is 4. The van der Waals surface area contributed by atoms with E-state index >= 15 is 9.59 Å². The van der Waals surface area contributed by atoms with Gasteiger partial charge in [0.05, 0.1) is 33.5 Å². The lowest BCUT2D eigenvalue weighted by Gasteiger charge is -2.24. The number of amides is 2. The van der Waals surface area contributed by atoms with Crippen molar-refractivity contribution < 1.29 is 9.59 Å². The largest absolute Gasteiger partial charge is 0.308 e. The van der Waals surface area contributed by atoms with Crippen molar-refractivity contribution >= 4 is 39.3 Å². The second-order valence-corrected chi connectivity index (χ2v) is 17.2. The summed E-state index contributed by atoms with van der Waals surface area (Å²) in [7, 11) is 0. The molecule has 11 rings (SSSR count). The van der Waals surface area contributed by atoms with Crippen LogP contribution in [0.3, 0.4) is 0 Å². The number of rotatable bonds is 7. The average molecular weight is 825 g/mol. The Labute approximate surface area is 373 Å². The number of carbonyl (C=O) groups is 2. The van der Waals surface area contributed by atoms with Gasteiger partial charge >= 0.3 is 0 Å². The highest BCUT2D eigenvalue weighted by Crippen LogP contribution is 2.47. The summed E-state index contributed by atoms with van der Waals surface area (Å²) >= 11 is 0. The zero-order chi connectivity index (χ0) is 43.6. The van der Waals surface area contributed by atoms with Gasteiger partial charge in [-0.1, -0.05) is 168 Å². The second kappa shape index (κ2) is 15.4. The first-order chi connectivity index (χ1) is 31.2. The van der Waals surface area contributed by atoms with Crippen LogP contribution in [0.25, 0.3) is 83.1 Å². The van der Waals surface area contributed by atoms with Crippen molar-refractivity contribution in [1.29, 1.82) is 0 Å². The fourth-order valence-corrected chi connectivity index (χ4v) is 9.93. The predicted octanol–water partition coefficient (Wildman–Crippen LogP) is 15.2. The molecule has 4 nitrogen and oxygen atoms in total. The normalized spacial score (nSPS) is 12.4. The quantitative estimate of drug-likeness (QED) is 0.150. The Morgan fingerprint density at radius 3 is 1.23 bits per heavy atom. The van der Waals surface area contributed by atoms with E-state index in [4.69, 9.17) is 0 Å². The Morgan fingerprint density at radius 2 is 0.766 bits per heavy atom. The molecule has 0 spiro atoms. The molecular formula is C60H44N2O2. The summed E-state index contributed by atoms with van der Waals surface area (Å²) in [4.78, 5) is 32.2. The minimum atomic E-state index is -0.355. The molecule has 64 heavy (non-hydrogen) atoms. The Morgan fingerprint density at radius 1 is 0.328 bits per heavy atom. The van der Waals surface area contributed by atoms with Crippen molar-refractivity contribution in [3.8, 4) is 61.3 Å². The number of nitrogens with zero attached hydrogens (tertiary/aromatic N) is 2. The predicted molar refractivity (Wildman–Crippen MR) is 264 cm³/mol. The van der Waals surface area contributed by atoms with Gasteiger partial charge in [-0.3, -0.25) is 9.59 Å². The van der Waals surface area contributed by atoms with E-state index < -0.39 is 0 Å². The molecule has 0 saturated carbocycles. The van der Waals surface area contributed by atoms with Crippen molar-refractivity contribution in [3.05, 3.63) is 228 Å². The summed E-state index contributed by atoms with van der Waals surface area (Å²) in [5, 5.41) is 2.14. The molecule has 0 bridgehead atoms. The Kier molecular flexibility index (Phi) is 9.32. The van der Waals surface area contributed by atoms with Crippen LogP contribution in [0.4, 0.5) is 5.69 Å². The van der Waals surface area contributed by atoms with Gasteiger partial charge in [-0.2, -0.15) is 0 Å². The fraction of sp³-hybridized carbons (Fsp3) is 0.0667. The molecule has 9 aromatic carbocycles. The van der Waals surface area contributed by atoms with Crippen LogP contribution >= 0.6 is 0 Å². The average Bonchev–Trinajstić information content (AvgIpc) is 3.77. The van der Waals surface area contributed by atoms with E-state index in [9.17, 15) is 0 Å². The molecule has 0 unspecified atom stereocenters. The summed E-state index contributed by atoms with van der Waals surface area (Å²) in [6, 6.07) is 66.9. The van der Waals surface area contributed by atoms with Gasteiger partial charge in [0.25, 0.3) is 11.8 Å². The molecular weight excluding hydrogens is 781 g/mol. The lowest BCUT2D eigenvalue weighted by Crippen LogP contribution is -2.30. The standard InChI is InChI=1S/C60H44N2O2/c1-37-27-38(2)30-46(29-37)44-23-25-54-52(33-44)53-34-45(47-31-39(3)28-40(4)32-47)24-26-55(53)61(54)56-22-14-21-49-57(56)60(64)62(59(49)63)58-50(42-17-10-6-11-18-42)35-48(41-15-8-5-9-16-41)36-51(58)43-19-12-7-13-20-43/h5-36H,1-4H3. The van der Waals surface area contributed by atoms with Crippen LogP contribution in [-0.2, 0) is 0 Å². The Hall–Kier alpha value is -8.08. The SMILES string of the molecule is Cc1cc(C)cc(-c2ccc3c(c2)c2cc(-c4cc(C)cc(C)c4)ccc2n3-c2cccc3c2C(=O)N(c2c(-c4ccccc4)cc(-c4ccccc4)cc2-c2ccccc2)C3=O)c1. The van der Waals surface area contributed by atoms with Crippen LogP contribution in [0.1, 0.15) is 43.0 Å². The van der Waals surface area contributed by atoms with Crippen LogP contribution in [0.5, 0.6) is 0 Å². The number of anilines is 1. The van der Waals surface area contributed by atoms with Gasteiger partial charge < -0.3 is 4.57 Å². The van der Waals surface area contributed by atoms with Gasteiger partial charge in [0.1, 0.15) is 0 Å². The summed E-state index contributed by atoms with van der Waals surface area (Å²) in [6.07, 6.45) is 0. The van der Waals surface area contributed by atoms with Crippen molar-refractivity contribution in [2.45, 2.75) is 27.7 Å². The first kappa shape index (κ1) is 38.8. The molecule has 0 aliphatic carbocycles. The van der Waals surface area contributed by atoms with Gasteiger partial charge in [-0.05, 0) is 121 Å². The lowest BCUT2D eigenvalue weighted by atomic mass is 9.90. The van der Waals surface area contributed by atoms with E-state index in [0.717, 1.165) is 77.4 Å². The van der Waals surface area contributed by atoms with Gasteiger partial charge in [0.15, 0.2) is 0 Å². The molecule has 0 N–H and O–H groups in total. The number of imide groups is 1. The number of hydrogen-bond acceptors (Lipinski definition) is 2. The van der Waals surface area contributed by atoms with Crippen LogP contribution in [-0.4, -0.2) is 16.4 Å². The van der Waals surface area contributed by atoms with E-state index in [2.05, 4.69) is 129 Å². The highest BCUT2D eigenvalue weighted by atomic mass is 16.2. The number of hydrogen-bond donors (Lipinski definition) is 0. The molecule has 2 heterocycles. The summed E-state index contributed by atoms with van der Waals surface area (Å²) < 4.78 is 2.18. The van der Waals surface area contributed by atoms with Crippen molar-refractivity contribution in [3.63, 3.8) is 0 Å². The number of carbonyl (C=O) groups excluding carboxylic acids is 2. The summed E-state index contributed by atoms with van der Waals surface area (Å²) in [5.41, 5.74) is 18.7. The molecule has 1 aromatic heterocycles. The number of benzene rings is 9. The molecule has 10 aromatic rings. The molecule has 1 aliphatic heterocycles. The molecule has 0 saturated heterocycles. The first-order valence-electron chi connectivity index (χ1n) is 21.8. The minimum absolute atomic E-state index is 0.348. The van der Waals surface area contributed by atoms with Crippen LogP contribution in [0, 0.1) is 27.7 Å². The maximum Gasteiger partial charge on any atom is 0.268 e. The lowest BCUT2D eigenvalue weighted by molar-refractivity contribution is 0.0926. The maximum atomic E-state index is 15.6. The van der Waals surface area contributed by atoms with E-state index in [-0.39, 0.29) is 11.8 Å². The smallest absolute Gasteiger partial charge is 0.268 e. The fourth-order valence-electron chi connectivity index (χ4n) is 9.93. The van der Waals surface area contributed by atoms with Gasteiger partial charge in [0, 0.05) is 21.9 Å². The molecule has 2 amide bonds. The third kappa shape index (κ3) is 6.54. The van der Waals surface area contributed by atoms with Gasteiger partial charge in [0.2, 0.25) is 0 Å². The highest BCUT2D eigenvalue weighted by molar-refractivity contribution is 6.37. The third-order valence-electron chi connectivity index (χ3n) is 12.6. The molecule has 306 valence electrons. The molecule has 1 aliphatic rings. The Bertz CT molecular complexity index is 3300. The molecule has 4 heteroatoms. The summed E-state index contributed by atoms with van der Waals surface area (Å²) in [5.74, 6) is -0.704. The number of aromatic nitrogens is 1. The van der Waals surface area contributed by atoms with E-state index in [1.807, 2.05) is 91.0 Å². The van der Waals surface area contributed by atoms with Crippen LogP contribution in [0.2, 0.25) is 0 Å². The van der Waals surface area contributed by atoms with Crippen LogP contribution in [0.15, 0.2) is 194 Å². The zero-order valence-corrected chi connectivity index (χ0v) is 36.2. The van der Waals surface area contributed by atoms with Gasteiger partial charge in [-0.25, -0.2) is 4.90 Å². The second-order valence-electron chi connectivity index (χ2n) is 17.2. The molecule has 0 atom stereocenters. The van der Waals surface area contributed by atoms with E-state index in [1.54, 1.807) is 6.07 Å². The first-order valence-corrected chi connectivity index (χ1v) is 21.8. The minimum Gasteiger partial charge on any atom is -0.308 e. The van der Waals surface area contributed by atoms with E-state index in [0.29, 0.717) is 22.5 Å². The third-order valence-corrected chi connectivity index (χ3v) is 12.6. The molecule has 0 radical (unpaired) electrons. The highest BCUT2D eigenvalue weighted by Gasteiger charge is 2.42. The monoisotopic (exact) mass is 824 g/mol. The zero-order valence-electron chi connectivity index (χ0n) is 36.2. The van der Waals surface area contributed by atoms with Crippen molar-refractivity contribution in [2.24, 2.45) is 0 Å². The summed E-state index contributed by atoms with van der Waals surface area (Å²) in [6.45, 7) is 8.55. The maximum absolute atomic E-state index is 15.6. The number of fused-ring (bicyclic) bond motifs is 4. The molecule has 0 fully saturated rings. The van der Waals surface area contributed by atoms with Gasteiger partial charge in [-0.15, -0.1) is 0 Å². The van der Waals surface area contributed by atoms with E-state index in [1.165, 1.54) is 27.2 Å². The van der Waals surface area contributed by atoms with Crippen molar-refractivity contribution in [2.75, 3.05) is 4.90 Å². The topological polar surface area (TPSA) is 42.3 Å². The van der Waals surface area contributed by atoms with Crippen molar-refractivity contribution in [1.82, 2.24) is 4.57 Å². The Balaban J connectivity index is 1.15.